The number of ketones is 1. The third-order valence-corrected chi connectivity index (χ3v) is 3.94. The van der Waals surface area contributed by atoms with Crippen molar-refractivity contribution in [2.75, 3.05) is 17.7 Å². The van der Waals surface area contributed by atoms with Gasteiger partial charge in [-0.15, -0.1) is 0 Å². The smallest absolute Gasteiger partial charge is 0.298 e. The molecule has 0 aliphatic rings. The monoisotopic (exact) mass is 382 g/mol. The van der Waals surface area contributed by atoms with Gasteiger partial charge in [0.25, 0.3) is 11.7 Å². The minimum atomic E-state index is -0.780. The van der Waals surface area contributed by atoms with Crippen molar-refractivity contribution < 1.29 is 9.59 Å². The Hall–Kier alpha value is -3.56. The van der Waals surface area contributed by atoms with Gasteiger partial charge < -0.3 is 10.6 Å². The molecule has 0 aromatic carbocycles. The Morgan fingerprint density at radius 2 is 1.89 bits per heavy atom. The summed E-state index contributed by atoms with van der Waals surface area (Å²) in [6.45, 7) is 7.64. The van der Waals surface area contributed by atoms with E-state index in [0.29, 0.717) is 23.1 Å². The van der Waals surface area contributed by atoms with Crippen molar-refractivity contribution in [2.45, 2.75) is 33.2 Å². The molecule has 28 heavy (non-hydrogen) atoms. The van der Waals surface area contributed by atoms with E-state index < -0.39 is 11.7 Å². The fourth-order valence-corrected chi connectivity index (χ4v) is 2.47. The van der Waals surface area contributed by atoms with Gasteiger partial charge in [-0.2, -0.15) is 14.9 Å². The number of carbonyl (C=O) groups excluding carboxylic acids is 2. The largest absolute Gasteiger partial charge is 0.373 e. The third kappa shape index (κ3) is 3.90. The average molecular weight is 382 g/mol. The first-order valence-electron chi connectivity index (χ1n) is 8.66. The van der Waals surface area contributed by atoms with Crippen LogP contribution in [0.15, 0.2) is 30.9 Å². The second-order valence-corrected chi connectivity index (χ2v) is 7.22. The van der Waals surface area contributed by atoms with Gasteiger partial charge in [0.15, 0.2) is 5.82 Å². The van der Waals surface area contributed by atoms with Crippen molar-refractivity contribution in [2.24, 2.45) is 0 Å². The zero-order valence-corrected chi connectivity index (χ0v) is 16.4. The summed E-state index contributed by atoms with van der Waals surface area (Å²) in [4.78, 5) is 33.2. The standard InChI is InChI=1S/C18H22N8O2/c1-11-6-15(26(24-11)14-7-13(19-5)20-10-21-14)23-17(28)16(27)12-8-22-25(9-12)18(2,3)4/h6-10H,1-5H3,(H,23,28)(H,19,20,21). The van der Waals surface area contributed by atoms with Crippen LogP contribution in [0.5, 0.6) is 0 Å². The highest BCUT2D eigenvalue weighted by molar-refractivity contribution is 6.46. The maximum Gasteiger partial charge on any atom is 0.298 e. The van der Waals surface area contributed by atoms with Gasteiger partial charge >= 0.3 is 0 Å². The highest BCUT2D eigenvalue weighted by atomic mass is 16.2. The minimum Gasteiger partial charge on any atom is -0.373 e. The van der Waals surface area contributed by atoms with Crippen LogP contribution in [-0.2, 0) is 10.3 Å². The molecule has 3 aromatic heterocycles. The van der Waals surface area contributed by atoms with Gasteiger partial charge in [-0.1, -0.05) is 0 Å². The molecule has 3 aromatic rings. The molecular formula is C18H22N8O2. The number of Topliss-reactive ketones (excluding diaryl/α,β-unsaturated/α-hetero) is 1. The molecule has 0 saturated carbocycles. The molecule has 0 spiro atoms. The lowest BCUT2D eigenvalue weighted by molar-refractivity contribution is -0.112. The van der Waals surface area contributed by atoms with Gasteiger partial charge in [-0.3, -0.25) is 14.3 Å². The zero-order valence-electron chi connectivity index (χ0n) is 16.4. The molecule has 0 atom stereocenters. The Bertz CT molecular complexity index is 1030. The number of hydrogen-bond donors (Lipinski definition) is 2. The molecule has 3 rings (SSSR count). The molecule has 0 bridgehead atoms. The lowest BCUT2D eigenvalue weighted by atomic mass is 10.1. The Kier molecular flexibility index (Phi) is 4.95. The van der Waals surface area contributed by atoms with Crippen molar-refractivity contribution in [1.82, 2.24) is 29.5 Å². The molecule has 0 unspecified atom stereocenters. The number of carbonyl (C=O) groups is 2. The molecule has 0 aliphatic heterocycles. The van der Waals surface area contributed by atoms with E-state index in [0.717, 1.165) is 0 Å². The van der Waals surface area contributed by atoms with E-state index >= 15 is 0 Å². The maximum atomic E-state index is 12.5. The summed E-state index contributed by atoms with van der Waals surface area (Å²) >= 11 is 0. The Labute approximate surface area is 162 Å². The van der Waals surface area contributed by atoms with Crippen molar-refractivity contribution in [1.29, 1.82) is 0 Å². The first-order valence-corrected chi connectivity index (χ1v) is 8.66. The van der Waals surface area contributed by atoms with Crippen LogP contribution < -0.4 is 10.6 Å². The average Bonchev–Trinajstić information content (AvgIpc) is 3.28. The first-order chi connectivity index (χ1) is 13.2. The summed E-state index contributed by atoms with van der Waals surface area (Å²) in [7, 11) is 1.74. The van der Waals surface area contributed by atoms with E-state index in [-0.39, 0.29) is 11.1 Å². The van der Waals surface area contributed by atoms with E-state index in [1.807, 2.05) is 20.8 Å². The van der Waals surface area contributed by atoms with Gasteiger partial charge in [-0.25, -0.2) is 9.97 Å². The van der Waals surface area contributed by atoms with Gasteiger partial charge in [-0.05, 0) is 27.7 Å². The van der Waals surface area contributed by atoms with Crippen molar-refractivity contribution in [3.63, 3.8) is 0 Å². The molecule has 2 N–H and O–H groups in total. The van der Waals surface area contributed by atoms with Gasteiger partial charge in [0.1, 0.15) is 18.0 Å². The highest BCUT2D eigenvalue weighted by Crippen LogP contribution is 2.18. The van der Waals surface area contributed by atoms with Gasteiger partial charge in [0.05, 0.1) is 23.0 Å². The number of nitrogens with zero attached hydrogens (tertiary/aromatic N) is 6. The molecule has 0 aliphatic carbocycles. The summed E-state index contributed by atoms with van der Waals surface area (Å²) in [5.74, 6) is -0.0753. The van der Waals surface area contributed by atoms with Crippen LogP contribution in [-0.4, -0.2) is 48.3 Å². The number of aromatic nitrogens is 6. The fourth-order valence-electron chi connectivity index (χ4n) is 2.47. The second kappa shape index (κ2) is 7.22. The van der Waals surface area contributed by atoms with Crippen LogP contribution in [0.1, 0.15) is 36.8 Å². The SMILES string of the molecule is CNc1cc(-n2nc(C)cc2NC(=O)C(=O)c2cnn(C(C)(C)C)c2)ncn1. The summed E-state index contributed by atoms with van der Waals surface area (Å²) in [6, 6.07) is 3.34. The van der Waals surface area contributed by atoms with Crippen LogP contribution in [0.25, 0.3) is 5.82 Å². The number of anilines is 2. The number of rotatable bonds is 5. The highest BCUT2D eigenvalue weighted by Gasteiger charge is 2.23. The second-order valence-electron chi connectivity index (χ2n) is 7.22. The number of nitrogens with one attached hydrogen (secondary N) is 2. The van der Waals surface area contributed by atoms with Gasteiger partial charge in [0.2, 0.25) is 0 Å². The van der Waals surface area contributed by atoms with E-state index in [2.05, 4.69) is 30.8 Å². The molecule has 10 nitrogen and oxygen atoms in total. The van der Waals surface area contributed by atoms with Crippen molar-refractivity contribution >= 4 is 23.3 Å². The van der Waals surface area contributed by atoms with Crippen LogP contribution in [0, 0.1) is 6.92 Å². The van der Waals surface area contributed by atoms with Crippen LogP contribution in [0.2, 0.25) is 0 Å². The fraction of sp³-hybridized carbons (Fsp3) is 0.333. The van der Waals surface area contributed by atoms with Gasteiger partial charge in [0, 0.05) is 25.4 Å². The van der Waals surface area contributed by atoms with Crippen LogP contribution in [0.3, 0.4) is 0 Å². The molecule has 146 valence electrons. The molecule has 1 amide bonds. The predicted molar refractivity (Wildman–Crippen MR) is 104 cm³/mol. The molecule has 0 fully saturated rings. The van der Waals surface area contributed by atoms with Crippen LogP contribution in [0.4, 0.5) is 11.6 Å². The zero-order chi connectivity index (χ0) is 20.5. The lowest BCUT2D eigenvalue weighted by Crippen LogP contribution is -2.25. The quantitative estimate of drug-likeness (QED) is 0.510. The number of hydrogen-bond acceptors (Lipinski definition) is 7. The molecule has 0 saturated heterocycles. The molecule has 10 heteroatoms. The summed E-state index contributed by atoms with van der Waals surface area (Å²) < 4.78 is 3.09. The van der Waals surface area contributed by atoms with E-state index in [9.17, 15) is 9.59 Å². The molecule has 3 heterocycles. The lowest BCUT2D eigenvalue weighted by Gasteiger charge is -2.18. The number of aryl methyl sites for hydroxylation is 1. The van der Waals surface area contributed by atoms with E-state index in [1.54, 1.807) is 37.0 Å². The Balaban J connectivity index is 1.84. The summed E-state index contributed by atoms with van der Waals surface area (Å²) in [6.07, 6.45) is 4.34. The normalized spacial score (nSPS) is 11.3. The Morgan fingerprint density at radius 1 is 1.14 bits per heavy atom. The maximum absolute atomic E-state index is 12.5. The first kappa shape index (κ1) is 19.2. The van der Waals surface area contributed by atoms with Crippen LogP contribution >= 0.6 is 0 Å². The van der Waals surface area contributed by atoms with E-state index in [1.165, 1.54) is 17.2 Å². The third-order valence-electron chi connectivity index (χ3n) is 3.94. The minimum absolute atomic E-state index is 0.217. The predicted octanol–water partition coefficient (Wildman–Crippen LogP) is 1.79. The van der Waals surface area contributed by atoms with E-state index in [4.69, 9.17) is 0 Å². The molecular weight excluding hydrogens is 360 g/mol. The topological polar surface area (TPSA) is 120 Å². The van der Waals surface area contributed by atoms with Crippen molar-refractivity contribution in [3.8, 4) is 5.82 Å². The Morgan fingerprint density at radius 3 is 2.54 bits per heavy atom. The van der Waals surface area contributed by atoms with Crippen molar-refractivity contribution in [3.05, 3.63) is 42.1 Å². The number of amides is 1. The summed E-state index contributed by atoms with van der Waals surface area (Å²) in [5.41, 5.74) is 0.589. The summed E-state index contributed by atoms with van der Waals surface area (Å²) in [5, 5.41) is 14.0. The molecule has 0 radical (unpaired) electrons.